The van der Waals surface area contributed by atoms with Crippen molar-refractivity contribution in [3.05, 3.63) is 88.2 Å². The molecule has 0 unspecified atom stereocenters. The SMILES string of the molecule is CCc1ccc(NCc2cc3ccc(OC)cc3n(CC(=O)Nc3ccc4c(c3)OCO4)c2=O)cc1. The van der Waals surface area contributed by atoms with Crippen LogP contribution >= 0.6 is 0 Å². The topological polar surface area (TPSA) is 90.8 Å². The molecule has 1 amide bonds. The number of amides is 1. The van der Waals surface area contributed by atoms with Crippen LogP contribution in [0.5, 0.6) is 17.2 Å². The summed E-state index contributed by atoms with van der Waals surface area (Å²) in [5.41, 5.74) is 3.67. The van der Waals surface area contributed by atoms with Gasteiger partial charge >= 0.3 is 0 Å². The Balaban J connectivity index is 1.43. The highest BCUT2D eigenvalue weighted by Gasteiger charge is 2.16. The van der Waals surface area contributed by atoms with Crippen LogP contribution in [-0.4, -0.2) is 24.4 Å². The number of nitrogens with one attached hydrogen (secondary N) is 2. The summed E-state index contributed by atoms with van der Waals surface area (Å²) in [6.45, 7) is 2.43. The minimum atomic E-state index is -0.333. The van der Waals surface area contributed by atoms with E-state index in [-0.39, 0.29) is 24.8 Å². The van der Waals surface area contributed by atoms with Crippen LogP contribution in [0.4, 0.5) is 11.4 Å². The van der Waals surface area contributed by atoms with E-state index in [1.54, 1.807) is 31.4 Å². The van der Waals surface area contributed by atoms with Crippen LogP contribution in [0.3, 0.4) is 0 Å². The number of ether oxygens (including phenoxy) is 3. The molecule has 0 atom stereocenters. The van der Waals surface area contributed by atoms with E-state index in [1.807, 2.05) is 30.3 Å². The molecule has 0 saturated heterocycles. The molecule has 1 aliphatic heterocycles. The normalized spacial score (nSPS) is 11.9. The lowest BCUT2D eigenvalue weighted by Gasteiger charge is -2.15. The Bertz CT molecular complexity index is 1480. The fourth-order valence-electron chi connectivity index (χ4n) is 4.20. The van der Waals surface area contributed by atoms with Crippen molar-refractivity contribution in [1.82, 2.24) is 4.57 Å². The van der Waals surface area contributed by atoms with Crippen molar-refractivity contribution >= 4 is 28.2 Å². The third kappa shape index (κ3) is 4.84. The molecule has 8 nitrogen and oxygen atoms in total. The Morgan fingerprint density at radius 1 is 0.972 bits per heavy atom. The molecule has 3 aromatic carbocycles. The molecule has 4 aromatic rings. The number of pyridine rings is 1. The lowest BCUT2D eigenvalue weighted by Crippen LogP contribution is -2.30. The second-order valence-electron chi connectivity index (χ2n) is 8.51. The van der Waals surface area contributed by atoms with Crippen LogP contribution in [0.2, 0.25) is 0 Å². The predicted molar refractivity (Wildman–Crippen MR) is 139 cm³/mol. The molecule has 1 aromatic heterocycles. The number of carbonyl (C=O) groups excluding carboxylic acids is 1. The molecule has 8 heteroatoms. The molecule has 5 rings (SSSR count). The van der Waals surface area contributed by atoms with Crippen molar-refractivity contribution in [3.8, 4) is 17.2 Å². The van der Waals surface area contributed by atoms with E-state index in [2.05, 4.69) is 29.7 Å². The van der Waals surface area contributed by atoms with Gasteiger partial charge in [0, 0.05) is 35.6 Å². The van der Waals surface area contributed by atoms with Crippen molar-refractivity contribution in [2.24, 2.45) is 0 Å². The third-order valence-corrected chi connectivity index (χ3v) is 6.18. The molecule has 0 spiro atoms. The molecule has 1 aliphatic rings. The molecular formula is C28H27N3O5. The monoisotopic (exact) mass is 485 g/mol. The summed E-state index contributed by atoms with van der Waals surface area (Å²) >= 11 is 0. The highest BCUT2D eigenvalue weighted by molar-refractivity contribution is 5.92. The molecule has 184 valence electrons. The summed E-state index contributed by atoms with van der Waals surface area (Å²) in [5.74, 6) is 1.47. The Morgan fingerprint density at radius 2 is 1.75 bits per heavy atom. The second-order valence-corrected chi connectivity index (χ2v) is 8.51. The zero-order chi connectivity index (χ0) is 25.1. The maximum absolute atomic E-state index is 13.5. The lowest BCUT2D eigenvalue weighted by atomic mass is 10.1. The summed E-state index contributed by atoms with van der Waals surface area (Å²) < 4.78 is 17.5. The standard InChI is InChI=1S/C28H27N3O5/c1-3-18-4-7-21(8-5-18)29-15-20-12-19-6-10-23(34-2)14-24(19)31(28(20)33)16-27(32)30-22-9-11-25-26(13-22)36-17-35-25/h4-14,29H,3,15-17H2,1-2H3,(H,30,32). The Labute approximate surface area is 208 Å². The smallest absolute Gasteiger partial charge is 0.256 e. The van der Waals surface area contributed by atoms with Gasteiger partial charge in [-0.25, -0.2) is 0 Å². The van der Waals surface area contributed by atoms with Gasteiger partial charge in [-0.1, -0.05) is 19.1 Å². The van der Waals surface area contributed by atoms with Crippen LogP contribution in [0.25, 0.3) is 10.9 Å². The largest absolute Gasteiger partial charge is 0.497 e. The van der Waals surface area contributed by atoms with E-state index in [4.69, 9.17) is 14.2 Å². The maximum atomic E-state index is 13.5. The fourth-order valence-corrected chi connectivity index (χ4v) is 4.20. The van der Waals surface area contributed by atoms with Crippen LogP contribution in [-0.2, 0) is 24.3 Å². The molecule has 0 radical (unpaired) electrons. The van der Waals surface area contributed by atoms with Gasteiger partial charge in [0.05, 0.1) is 12.6 Å². The number of nitrogens with zero attached hydrogens (tertiary/aromatic N) is 1. The first kappa shape index (κ1) is 23.3. The Morgan fingerprint density at radius 3 is 2.53 bits per heavy atom. The number of carbonyl (C=O) groups is 1. The maximum Gasteiger partial charge on any atom is 0.256 e. The number of benzene rings is 3. The Hall–Kier alpha value is -4.46. The molecule has 0 fully saturated rings. The van der Waals surface area contributed by atoms with Gasteiger partial charge in [-0.05, 0) is 59.8 Å². The molecule has 36 heavy (non-hydrogen) atoms. The van der Waals surface area contributed by atoms with Crippen molar-refractivity contribution in [1.29, 1.82) is 0 Å². The zero-order valence-corrected chi connectivity index (χ0v) is 20.2. The van der Waals surface area contributed by atoms with Crippen molar-refractivity contribution in [3.63, 3.8) is 0 Å². The summed E-state index contributed by atoms with van der Waals surface area (Å²) in [6, 6.07) is 20.7. The van der Waals surface area contributed by atoms with Crippen molar-refractivity contribution in [2.45, 2.75) is 26.4 Å². The summed E-state index contributed by atoms with van der Waals surface area (Å²) in [4.78, 5) is 26.5. The zero-order valence-electron chi connectivity index (χ0n) is 20.2. The van der Waals surface area contributed by atoms with Gasteiger partial charge in [0.15, 0.2) is 11.5 Å². The highest BCUT2D eigenvalue weighted by atomic mass is 16.7. The fraction of sp³-hybridized carbons (Fsp3) is 0.214. The molecule has 0 saturated carbocycles. The molecule has 2 N–H and O–H groups in total. The quantitative estimate of drug-likeness (QED) is 0.381. The minimum absolute atomic E-state index is 0.152. The summed E-state index contributed by atoms with van der Waals surface area (Å²) in [7, 11) is 1.57. The molecule has 0 aliphatic carbocycles. The van der Waals surface area contributed by atoms with Gasteiger partial charge in [-0.2, -0.15) is 0 Å². The van der Waals surface area contributed by atoms with Gasteiger partial charge < -0.3 is 24.8 Å². The van der Waals surface area contributed by atoms with E-state index in [1.165, 1.54) is 10.1 Å². The number of aryl methyl sites for hydroxylation is 1. The van der Waals surface area contributed by atoms with Crippen LogP contribution in [0.15, 0.2) is 71.5 Å². The van der Waals surface area contributed by atoms with Gasteiger partial charge in [-0.3, -0.25) is 14.2 Å². The molecule has 0 bridgehead atoms. The first-order valence-electron chi connectivity index (χ1n) is 11.8. The lowest BCUT2D eigenvalue weighted by molar-refractivity contribution is -0.116. The van der Waals surface area contributed by atoms with Gasteiger partial charge in [0.25, 0.3) is 5.56 Å². The number of methoxy groups -OCH3 is 1. The average molecular weight is 486 g/mol. The second kappa shape index (κ2) is 10.0. The van der Waals surface area contributed by atoms with E-state index in [0.717, 1.165) is 17.5 Å². The van der Waals surface area contributed by atoms with E-state index in [0.29, 0.717) is 40.6 Å². The van der Waals surface area contributed by atoms with E-state index in [9.17, 15) is 9.59 Å². The van der Waals surface area contributed by atoms with Crippen LogP contribution < -0.4 is 30.4 Å². The number of anilines is 2. The van der Waals surface area contributed by atoms with Gasteiger partial charge in [0.1, 0.15) is 12.3 Å². The number of rotatable bonds is 8. The van der Waals surface area contributed by atoms with Gasteiger partial charge in [0.2, 0.25) is 12.7 Å². The van der Waals surface area contributed by atoms with E-state index < -0.39 is 0 Å². The number of aromatic nitrogens is 1. The first-order chi connectivity index (χ1) is 17.5. The predicted octanol–water partition coefficient (Wildman–Crippen LogP) is 4.55. The molecule has 2 heterocycles. The average Bonchev–Trinajstić information content (AvgIpc) is 3.37. The number of hydrogen-bond acceptors (Lipinski definition) is 6. The minimum Gasteiger partial charge on any atom is -0.497 e. The van der Waals surface area contributed by atoms with Gasteiger partial charge in [-0.15, -0.1) is 0 Å². The highest BCUT2D eigenvalue weighted by Crippen LogP contribution is 2.34. The third-order valence-electron chi connectivity index (χ3n) is 6.18. The van der Waals surface area contributed by atoms with Crippen molar-refractivity contribution in [2.75, 3.05) is 24.5 Å². The number of hydrogen-bond donors (Lipinski definition) is 2. The Kier molecular flexibility index (Phi) is 6.49. The molecular weight excluding hydrogens is 458 g/mol. The number of fused-ring (bicyclic) bond motifs is 2. The van der Waals surface area contributed by atoms with Crippen LogP contribution in [0, 0.1) is 0 Å². The van der Waals surface area contributed by atoms with Crippen LogP contribution in [0.1, 0.15) is 18.1 Å². The summed E-state index contributed by atoms with van der Waals surface area (Å²) in [5, 5.41) is 7.01. The van der Waals surface area contributed by atoms with Crippen molar-refractivity contribution < 1.29 is 19.0 Å². The summed E-state index contributed by atoms with van der Waals surface area (Å²) in [6.07, 6.45) is 0.966. The van der Waals surface area contributed by atoms with E-state index >= 15 is 0 Å². The first-order valence-corrected chi connectivity index (χ1v) is 11.8.